The Morgan fingerprint density at radius 3 is 2.25 bits per heavy atom. The Labute approximate surface area is 83.0 Å². The Morgan fingerprint density at radius 2 is 1.83 bits per heavy atom. The van der Waals surface area contributed by atoms with Gasteiger partial charge in [0.1, 0.15) is 0 Å². The van der Waals surface area contributed by atoms with Crippen molar-refractivity contribution in [2.45, 2.75) is 6.92 Å². The Balaban J connectivity index is 0.00000121. The summed E-state index contributed by atoms with van der Waals surface area (Å²) in [5.41, 5.74) is 0.650. The van der Waals surface area contributed by atoms with Crippen LogP contribution in [0.3, 0.4) is 0 Å². The van der Waals surface area contributed by atoms with Gasteiger partial charge in [0.05, 0.1) is 0 Å². The summed E-state index contributed by atoms with van der Waals surface area (Å²) in [6, 6.07) is 5.96. The molecule has 0 radical (unpaired) electrons. The molecule has 4 heteroatoms. The van der Waals surface area contributed by atoms with Crippen LogP contribution in [-0.4, -0.2) is 5.91 Å². The maximum Gasteiger partial charge on any atom is 1.00 e. The third-order valence-electron chi connectivity index (χ3n) is 1.17. The molecule has 1 amide bonds. The van der Waals surface area contributed by atoms with E-state index in [-0.39, 0.29) is 30.5 Å². The first-order chi connectivity index (χ1) is 5.18. The topological polar surface area (TPSA) is 52.2 Å². The van der Waals surface area contributed by atoms with Crippen molar-refractivity contribution in [3.8, 4) is 5.75 Å². The van der Waals surface area contributed by atoms with E-state index in [1.165, 1.54) is 19.1 Å². The predicted molar refractivity (Wildman–Crippen MR) is 40.2 cm³/mol. The van der Waals surface area contributed by atoms with Crippen LogP contribution in [0, 0.1) is 0 Å². The molecule has 0 bridgehead atoms. The number of benzene rings is 1. The average Bonchev–Trinajstić information content (AvgIpc) is 1.93. The number of anilines is 1. The number of hydrogen-bond acceptors (Lipinski definition) is 2. The van der Waals surface area contributed by atoms with E-state index in [9.17, 15) is 9.90 Å². The van der Waals surface area contributed by atoms with Gasteiger partial charge in [-0.2, -0.15) is 0 Å². The molecule has 0 saturated heterocycles. The molecule has 3 nitrogen and oxygen atoms in total. The van der Waals surface area contributed by atoms with Gasteiger partial charge in [0.25, 0.3) is 0 Å². The number of nitrogens with one attached hydrogen (secondary N) is 1. The van der Waals surface area contributed by atoms with Gasteiger partial charge in [0.2, 0.25) is 5.91 Å². The first-order valence-electron chi connectivity index (χ1n) is 3.23. The van der Waals surface area contributed by atoms with E-state index < -0.39 is 0 Å². The van der Waals surface area contributed by atoms with Gasteiger partial charge in [0.15, 0.2) is 0 Å². The van der Waals surface area contributed by atoms with Crippen LogP contribution < -0.4 is 29.3 Å². The molecule has 0 aliphatic carbocycles. The zero-order valence-corrected chi connectivity index (χ0v) is 7.13. The SMILES string of the molecule is CC(=O)Nc1ccc([O-])cc1.[Li+]. The fourth-order valence-electron chi connectivity index (χ4n) is 0.742. The van der Waals surface area contributed by atoms with Crippen molar-refractivity contribution in [2.75, 3.05) is 5.32 Å². The van der Waals surface area contributed by atoms with E-state index in [0.717, 1.165) is 0 Å². The normalized spacial score (nSPS) is 8.42. The Hall–Kier alpha value is -0.913. The summed E-state index contributed by atoms with van der Waals surface area (Å²) in [5.74, 6) is -0.192. The zero-order chi connectivity index (χ0) is 8.27. The third kappa shape index (κ3) is 3.47. The molecule has 1 aromatic carbocycles. The maximum atomic E-state index is 10.6. The first kappa shape index (κ1) is 11.1. The van der Waals surface area contributed by atoms with Crippen molar-refractivity contribution in [1.82, 2.24) is 0 Å². The molecule has 0 aromatic heterocycles. The molecule has 1 rings (SSSR count). The molecule has 0 fully saturated rings. The molecule has 0 saturated carbocycles. The monoisotopic (exact) mass is 157 g/mol. The van der Waals surface area contributed by atoms with Gasteiger partial charge < -0.3 is 10.4 Å². The largest absolute Gasteiger partial charge is 1.00 e. The van der Waals surface area contributed by atoms with Crippen molar-refractivity contribution in [1.29, 1.82) is 0 Å². The molecule has 58 valence electrons. The summed E-state index contributed by atoms with van der Waals surface area (Å²) < 4.78 is 0. The quantitative estimate of drug-likeness (QED) is 0.467. The second kappa shape index (κ2) is 4.86. The molecule has 1 N–H and O–H groups in total. The van der Waals surface area contributed by atoms with E-state index in [1.807, 2.05) is 0 Å². The van der Waals surface area contributed by atoms with Gasteiger partial charge in [-0.3, -0.25) is 4.79 Å². The minimum atomic E-state index is -0.136. The Kier molecular flexibility index (Phi) is 4.49. The van der Waals surface area contributed by atoms with Gasteiger partial charge in [-0.25, -0.2) is 0 Å². The summed E-state index contributed by atoms with van der Waals surface area (Å²) in [6.07, 6.45) is 0. The van der Waals surface area contributed by atoms with E-state index in [1.54, 1.807) is 12.1 Å². The second-order valence-corrected chi connectivity index (χ2v) is 2.21. The molecule has 0 spiro atoms. The summed E-state index contributed by atoms with van der Waals surface area (Å²) in [7, 11) is 0. The molecular formula is C8H8LiNO2. The van der Waals surface area contributed by atoms with E-state index in [0.29, 0.717) is 5.69 Å². The standard InChI is InChI=1S/C8H9NO2.Li/c1-6(10)9-7-2-4-8(11)5-3-7;/h2-5,11H,1H3,(H,9,10);/q;+1/p-1. The number of hydrogen-bond donors (Lipinski definition) is 1. The molecule has 12 heavy (non-hydrogen) atoms. The van der Waals surface area contributed by atoms with Crippen LogP contribution in [-0.2, 0) is 4.79 Å². The molecule has 0 aliphatic heterocycles. The fourth-order valence-corrected chi connectivity index (χ4v) is 0.742. The van der Waals surface area contributed by atoms with Crippen molar-refractivity contribution in [2.24, 2.45) is 0 Å². The second-order valence-electron chi connectivity index (χ2n) is 2.21. The van der Waals surface area contributed by atoms with Crippen molar-refractivity contribution in [3.05, 3.63) is 24.3 Å². The van der Waals surface area contributed by atoms with Crippen molar-refractivity contribution < 1.29 is 28.8 Å². The average molecular weight is 157 g/mol. The van der Waals surface area contributed by atoms with Crippen LogP contribution >= 0.6 is 0 Å². The number of carbonyl (C=O) groups is 1. The van der Waals surface area contributed by atoms with Crippen LogP contribution in [0.2, 0.25) is 0 Å². The van der Waals surface area contributed by atoms with Crippen LogP contribution in [0.15, 0.2) is 24.3 Å². The molecule has 0 aliphatic rings. The molecule has 0 unspecified atom stereocenters. The predicted octanol–water partition coefficient (Wildman–Crippen LogP) is -2.28. The van der Waals surface area contributed by atoms with Gasteiger partial charge in [-0.05, 0) is 12.1 Å². The first-order valence-corrected chi connectivity index (χ1v) is 3.23. The summed E-state index contributed by atoms with van der Waals surface area (Å²) >= 11 is 0. The van der Waals surface area contributed by atoms with Crippen molar-refractivity contribution >= 4 is 11.6 Å². The smallest absolute Gasteiger partial charge is 0.872 e. The Bertz CT molecular complexity index is 258. The fraction of sp³-hybridized carbons (Fsp3) is 0.125. The van der Waals surface area contributed by atoms with Gasteiger partial charge >= 0.3 is 18.9 Å². The molecule has 1 aromatic rings. The van der Waals surface area contributed by atoms with Gasteiger partial charge in [-0.1, -0.05) is 12.1 Å². The maximum absolute atomic E-state index is 10.6. The minimum absolute atomic E-state index is 0. The zero-order valence-electron chi connectivity index (χ0n) is 7.13. The third-order valence-corrected chi connectivity index (χ3v) is 1.17. The number of carbonyl (C=O) groups excluding carboxylic acids is 1. The van der Waals surface area contributed by atoms with Gasteiger partial charge in [-0.15, -0.1) is 5.75 Å². The molecule has 0 heterocycles. The van der Waals surface area contributed by atoms with Crippen LogP contribution in [0.25, 0.3) is 0 Å². The molecule has 0 atom stereocenters. The summed E-state index contributed by atoms with van der Waals surface area (Å²) in [6.45, 7) is 1.42. The van der Waals surface area contributed by atoms with Crippen LogP contribution in [0.5, 0.6) is 5.75 Å². The van der Waals surface area contributed by atoms with E-state index >= 15 is 0 Å². The van der Waals surface area contributed by atoms with Gasteiger partial charge in [0, 0.05) is 12.6 Å². The van der Waals surface area contributed by atoms with E-state index in [4.69, 9.17) is 0 Å². The summed E-state index contributed by atoms with van der Waals surface area (Å²) in [5, 5.41) is 13.1. The van der Waals surface area contributed by atoms with E-state index in [2.05, 4.69) is 5.32 Å². The summed E-state index contributed by atoms with van der Waals surface area (Å²) in [4.78, 5) is 10.5. The molecular weight excluding hydrogens is 149 g/mol. The van der Waals surface area contributed by atoms with Crippen molar-refractivity contribution in [3.63, 3.8) is 0 Å². The number of amides is 1. The number of rotatable bonds is 1. The van der Waals surface area contributed by atoms with Crippen LogP contribution in [0.4, 0.5) is 5.69 Å². The minimum Gasteiger partial charge on any atom is -0.872 e. The van der Waals surface area contributed by atoms with Crippen LogP contribution in [0.1, 0.15) is 6.92 Å². The Morgan fingerprint density at radius 1 is 1.33 bits per heavy atom.